The Morgan fingerprint density at radius 2 is 1.75 bits per heavy atom. The minimum Gasteiger partial charge on any atom is -0.481 e. The zero-order valence-corrected chi connectivity index (χ0v) is 10.5. The van der Waals surface area contributed by atoms with Crippen LogP contribution in [0.4, 0.5) is 5.69 Å². The summed E-state index contributed by atoms with van der Waals surface area (Å²) in [4.78, 5) is 13.0. The largest absolute Gasteiger partial charge is 0.481 e. The molecule has 0 saturated carbocycles. The molecule has 1 aromatic carbocycles. The van der Waals surface area contributed by atoms with Crippen molar-refractivity contribution in [2.75, 3.05) is 19.0 Å². The van der Waals surface area contributed by atoms with Gasteiger partial charge in [-0.15, -0.1) is 0 Å². The Labute approximate surface area is 96.7 Å². The zero-order valence-electron chi connectivity index (χ0n) is 10.5. The van der Waals surface area contributed by atoms with Gasteiger partial charge in [0.05, 0.1) is 5.92 Å². The van der Waals surface area contributed by atoms with E-state index in [1.807, 2.05) is 45.0 Å². The smallest absolute Gasteiger partial charge is 0.310 e. The normalized spacial score (nSPS) is 12.3. The molecule has 1 atom stereocenters. The number of rotatable bonds is 3. The molecule has 0 fully saturated rings. The second-order valence-electron chi connectivity index (χ2n) is 4.45. The molecule has 3 heteroatoms. The van der Waals surface area contributed by atoms with Gasteiger partial charge >= 0.3 is 5.97 Å². The number of hydrogen-bond donors (Lipinski definition) is 1. The number of carbonyl (C=O) groups is 1. The molecule has 0 radical (unpaired) electrons. The van der Waals surface area contributed by atoms with Crippen LogP contribution >= 0.6 is 0 Å². The first-order valence-corrected chi connectivity index (χ1v) is 5.36. The van der Waals surface area contributed by atoms with Gasteiger partial charge in [-0.1, -0.05) is 6.07 Å². The van der Waals surface area contributed by atoms with E-state index in [4.69, 9.17) is 5.11 Å². The predicted molar refractivity (Wildman–Crippen MR) is 66.3 cm³/mol. The van der Waals surface area contributed by atoms with E-state index in [9.17, 15) is 4.79 Å². The first kappa shape index (κ1) is 12.6. The molecule has 16 heavy (non-hydrogen) atoms. The summed E-state index contributed by atoms with van der Waals surface area (Å²) in [7, 11) is 3.87. The second-order valence-corrected chi connectivity index (χ2v) is 4.45. The Bertz CT molecular complexity index is 411. The molecular formula is C13H19NO2. The summed E-state index contributed by atoms with van der Waals surface area (Å²) >= 11 is 0. The Kier molecular flexibility index (Phi) is 3.58. The fraction of sp³-hybridized carbons (Fsp3) is 0.462. The average Bonchev–Trinajstić information content (AvgIpc) is 2.19. The molecule has 88 valence electrons. The molecule has 0 amide bonds. The van der Waals surface area contributed by atoms with Gasteiger partial charge in [-0.2, -0.15) is 0 Å². The Morgan fingerprint density at radius 1 is 1.25 bits per heavy atom. The highest BCUT2D eigenvalue weighted by molar-refractivity contribution is 5.79. The van der Waals surface area contributed by atoms with Crippen LogP contribution in [0, 0.1) is 13.8 Å². The third kappa shape index (κ3) is 2.35. The molecule has 0 heterocycles. The van der Waals surface area contributed by atoms with Gasteiger partial charge in [-0.25, -0.2) is 0 Å². The lowest BCUT2D eigenvalue weighted by Gasteiger charge is -2.21. The summed E-state index contributed by atoms with van der Waals surface area (Å²) in [5.74, 6) is -1.26. The predicted octanol–water partition coefficient (Wildman–Crippen LogP) is 2.56. The summed E-state index contributed by atoms with van der Waals surface area (Å²) in [6.45, 7) is 5.77. The summed E-state index contributed by atoms with van der Waals surface area (Å²) < 4.78 is 0. The Morgan fingerprint density at radius 3 is 2.19 bits per heavy atom. The average molecular weight is 221 g/mol. The standard InChI is InChI=1S/C13H19NO2/c1-8-6-11(10(3)13(15)16)12(14(4)5)7-9(8)2/h6-7,10H,1-5H3,(H,15,16). The highest BCUT2D eigenvalue weighted by Crippen LogP contribution is 2.29. The number of carboxylic acid groups (broad SMARTS) is 1. The van der Waals surface area contributed by atoms with Gasteiger partial charge in [-0.05, 0) is 43.5 Å². The molecule has 0 aliphatic carbocycles. The van der Waals surface area contributed by atoms with Crippen LogP contribution in [-0.2, 0) is 4.79 Å². The summed E-state index contributed by atoms with van der Waals surface area (Å²) in [6.07, 6.45) is 0. The maximum atomic E-state index is 11.1. The van der Waals surface area contributed by atoms with Crippen LogP contribution in [0.15, 0.2) is 12.1 Å². The molecule has 0 spiro atoms. The molecule has 0 bridgehead atoms. The summed E-state index contributed by atoms with van der Waals surface area (Å²) in [5.41, 5.74) is 4.18. The SMILES string of the molecule is Cc1cc(C(C)C(=O)O)c(N(C)C)cc1C. The number of aliphatic carboxylic acids is 1. The summed E-state index contributed by atoms with van der Waals surface area (Å²) in [5, 5.41) is 9.08. The van der Waals surface area contributed by atoms with Crippen molar-refractivity contribution in [2.45, 2.75) is 26.7 Å². The fourth-order valence-electron chi connectivity index (χ4n) is 1.69. The lowest BCUT2D eigenvalue weighted by atomic mass is 9.94. The van der Waals surface area contributed by atoms with Crippen LogP contribution in [0.3, 0.4) is 0 Å². The van der Waals surface area contributed by atoms with E-state index < -0.39 is 11.9 Å². The maximum absolute atomic E-state index is 11.1. The van der Waals surface area contributed by atoms with E-state index in [0.29, 0.717) is 0 Å². The minimum atomic E-state index is -0.786. The molecule has 1 aromatic rings. The van der Waals surface area contributed by atoms with Crippen molar-refractivity contribution >= 4 is 11.7 Å². The monoisotopic (exact) mass is 221 g/mol. The molecule has 0 aliphatic rings. The van der Waals surface area contributed by atoms with E-state index in [1.165, 1.54) is 5.56 Å². The van der Waals surface area contributed by atoms with Crippen molar-refractivity contribution in [1.82, 2.24) is 0 Å². The quantitative estimate of drug-likeness (QED) is 0.852. The topological polar surface area (TPSA) is 40.5 Å². The number of nitrogens with zero attached hydrogens (tertiary/aromatic N) is 1. The van der Waals surface area contributed by atoms with Crippen molar-refractivity contribution in [2.24, 2.45) is 0 Å². The first-order valence-electron chi connectivity index (χ1n) is 5.36. The van der Waals surface area contributed by atoms with Crippen LogP contribution in [0.25, 0.3) is 0 Å². The number of anilines is 1. The Hall–Kier alpha value is -1.51. The van der Waals surface area contributed by atoms with Crippen LogP contribution in [-0.4, -0.2) is 25.2 Å². The van der Waals surface area contributed by atoms with E-state index in [0.717, 1.165) is 16.8 Å². The maximum Gasteiger partial charge on any atom is 0.310 e. The van der Waals surface area contributed by atoms with Gasteiger partial charge in [0.2, 0.25) is 0 Å². The molecule has 1 N–H and O–H groups in total. The van der Waals surface area contributed by atoms with Gasteiger partial charge in [0.25, 0.3) is 0 Å². The zero-order chi connectivity index (χ0) is 12.5. The molecule has 3 nitrogen and oxygen atoms in total. The van der Waals surface area contributed by atoms with Crippen LogP contribution in [0.1, 0.15) is 29.5 Å². The molecule has 0 saturated heterocycles. The number of aryl methyl sites for hydroxylation is 2. The van der Waals surface area contributed by atoms with Gasteiger partial charge in [0.1, 0.15) is 0 Å². The molecular weight excluding hydrogens is 202 g/mol. The van der Waals surface area contributed by atoms with Crippen LogP contribution in [0.5, 0.6) is 0 Å². The van der Waals surface area contributed by atoms with Crippen LogP contribution in [0.2, 0.25) is 0 Å². The number of hydrogen-bond acceptors (Lipinski definition) is 2. The fourth-order valence-corrected chi connectivity index (χ4v) is 1.69. The van der Waals surface area contributed by atoms with Gasteiger partial charge in [0.15, 0.2) is 0 Å². The lowest BCUT2D eigenvalue weighted by Crippen LogP contribution is -2.16. The van der Waals surface area contributed by atoms with Gasteiger partial charge < -0.3 is 10.0 Å². The second kappa shape index (κ2) is 4.56. The lowest BCUT2D eigenvalue weighted by molar-refractivity contribution is -0.138. The van der Waals surface area contributed by atoms with Crippen molar-refractivity contribution < 1.29 is 9.90 Å². The van der Waals surface area contributed by atoms with E-state index >= 15 is 0 Å². The van der Waals surface area contributed by atoms with E-state index in [2.05, 4.69) is 0 Å². The number of carboxylic acids is 1. The molecule has 1 rings (SSSR count). The van der Waals surface area contributed by atoms with Crippen LogP contribution < -0.4 is 4.90 Å². The third-order valence-electron chi connectivity index (χ3n) is 2.96. The van der Waals surface area contributed by atoms with Crippen molar-refractivity contribution in [3.63, 3.8) is 0 Å². The van der Waals surface area contributed by atoms with Crippen molar-refractivity contribution in [1.29, 1.82) is 0 Å². The summed E-state index contributed by atoms with van der Waals surface area (Å²) in [6, 6.07) is 4.02. The van der Waals surface area contributed by atoms with Gasteiger partial charge in [0, 0.05) is 19.8 Å². The highest BCUT2D eigenvalue weighted by Gasteiger charge is 2.19. The first-order chi connectivity index (χ1) is 7.34. The van der Waals surface area contributed by atoms with Gasteiger partial charge in [-0.3, -0.25) is 4.79 Å². The molecule has 0 aromatic heterocycles. The van der Waals surface area contributed by atoms with Crippen molar-refractivity contribution in [3.8, 4) is 0 Å². The minimum absolute atomic E-state index is 0.475. The van der Waals surface area contributed by atoms with Crippen molar-refractivity contribution in [3.05, 3.63) is 28.8 Å². The number of benzene rings is 1. The van der Waals surface area contributed by atoms with E-state index in [1.54, 1.807) is 6.92 Å². The molecule has 0 aliphatic heterocycles. The third-order valence-corrected chi connectivity index (χ3v) is 2.96. The highest BCUT2D eigenvalue weighted by atomic mass is 16.4. The Balaban J connectivity index is 3.35. The van der Waals surface area contributed by atoms with E-state index in [-0.39, 0.29) is 0 Å². The molecule has 1 unspecified atom stereocenters.